The first kappa shape index (κ1) is 19.5. The third-order valence-corrected chi connectivity index (χ3v) is 4.05. The number of carbonyl (C=O) groups is 2. The molecule has 0 spiro atoms. The molecule has 2 aromatic carbocycles. The number of benzene rings is 2. The summed E-state index contributed by atoms with van der Waals surface area (Å²) in [5.74, 6) is 0.137. The van der Waals surface area contributed by atoms with E-state index < -0.39 is 12.1 Å². The van der Waals surface area contributed by atoms with E-state index in [0.717, 1.165) is 11.1 Å². The van der Waals surface area contributed by atoms with Gasteiger partial charge in [-0.3, -0.25) is 4.79 Å². The van der Waals surface area contributed by atoms with Gasteiger partial charge in [0.25, 0.3) is 5.91 Å². The monoisotopic (exact) mass is 355 g/mol. The van der Waals surface area contributed by atoms with Gasteiger partial charge in [-0.15, -0.1) is 0 Å². The standard InChI is InChI=1S/C21H25NO4/c1-13(2)16-11-10-14(3)12-19(16)26-15(4)20(23)22-18-9-7-6-8-17(18)21(24)25-5/h6-13,15H,1-5H3,(H,22,23)/t15-/m1/s1. The maximum absolute atomic E-state index is 12.6. The molecule has 1 amide bonds. The van der Waals surface area contributed by atoms with Gasteiger partial charge in [0.05, 0.1) is 18.4 Å². The molecule has 5 nitrogen and oxygen atoms in total. The highest BCUT2D eigenvalue weighted by molar-refractivity contribution is 6.02. The maximum atomic E-state index is 12.6. The van der Waals surface area contributed by atoms with Crippen LogP contribution >= 0.6 is 0 Å². The van der Waals surface area contributed by atoms with E-state index in [1.807, 2.05) is 25.1 Å². The summed E-state index contributed by atoms with van der Waals surface area (Å²) in [6.07, 6.45) is -0.722. The van der Waals surface area contributed by atoms with E-state index in [1.165, 1.54) is 7.11 Å². The number of aryl methyl sites for hydroxylation is 1. The van der Waals surface area contributed by atoms with Gasteiger partial charge in [0, 0.05) is 0 Å². The highest BCUT2D eigenvalue weighted by atomic mass is 16.5. The van der Waals surface area contributed by atoms with Gasteiger partial charge in [-0.1, -0.05) is 38.1 Å². The number of nitrogens with one attached hydrogen (secondary N) is 1. The van der Waals surface area contributed by atoms with Crippen molar-refractivity contribution in [3.8, 4) is 5.75 Å². The lowest BCUT2D eigenvalue weighted by molar-refractivity contribution is -0.122. The van der Waals surface area contributed by atoms with Crippen molar-refractivity contribution in [3.05, 3.63) is 59.2 Å². The molecule has 0 radical (unpaired) electrons. The number of ether oxygens (including phenoxy) is 2. The molecule has 0 bridgehead atoms. The number of carbonyl (C=O) groups excluding carboxylic acids is 2. The largest absolute Gasteiger partial charge is 0.481 e. The second kappa shape index (κ2) is 8.52. The molecule has 0 unspecified atom stereocenters. The van der Waals surface area contributed by atoms with Crippen LogP contribution in [-0.4, -0.2) is 25.1 Å². The van der Waals surface area contributed by atoms with Gasteiger partial charge in [-0.05, 0) is 49.1 Å². The summed E-state index contributed by atoms with van der Waals surface area (Å²) in [5.41, 5.74) is 2.81. The Morgan fingerprint density at radius 2 is 1.73 bits per heavy atom. The Morgan fingerprint density at radius 3 is 2.38 bits per heavy atom. The highest BCUT2D eigenvalue weighted by Gasteiger charge is 2.20. The second-order valence-electron chi connectivity index (χ2n) is 6.48. The van der Waals surface area contributed by atoms with E-state index >= 15 is 0 Å². The summed E-state index contributed by atoms with van der Waals surface area (Å²) < 4.78 is 10.7. The van der Waals surface area contributed by atoms with E-state index in [1.54, 1.807) is 31.2 Å². The lowest BCUT2D eigenvalue weighted by Crippen LogP contribution is -2.31. The van der Waals surface area contributed by atoms with Crippen LogP contribution in [0.1, 0.15) is 48.2 Å². The average Bonchev–Trinajstić information content (AvgIpc) is 2.61. The van der Waals surface area contributed by atoms with Crippen molar-refractivity contribution < 1.29 is 19.1 Å². The topological polar surface area (TPSA) is 64.6 Å². The van der Waals surface area contributed by atoms with Crippen molar-refractivity contribution in [2.45, 2.75) is 39.7 Å². The third-order valence-electron chi connectivity index (χ3n) is 4.05. The fourth-order valence-corrected chi connectivity index (χ4v) is 2.58. The van der Waals surface area contributed by atoms with Crippen LogP contribution in [0.2, 0.25) is 0 Å². The molecule has 2 rings (SSSR count). The van der Waals surface area contributed by atoms with E-state index in [0.29, 0.717) is 17.0 Å². The van der Waals surface area contributed by atoms with E-state index in [4.69, 9.17) is 9.47 Å². The summed E-state index contributed by atoms with van der Waals surface area (Å²) in [6.45, 7) is 7.82. The van der Waals surface area contributed by atoms with Crippen molar-refractivity contribution in [1.29, 1.82) is 0 Å². The summed E-state index contributed by atoms with van der Waals surface area (Å²) in [7, 11) is 1.30. The van der Waals surface area contributed by atoms with Gasteiger partial charge in [0.2, 0.25) is 0 Å². The number of hydrogen-bond donors (Lipinski definition) is 1. The summed E-state index contributed by atoms with van der Waals surface area (Å²) >= 11 is 0. The molecular weight excluding hydrogens is 330 g/mol. The Morgan fingerprint density at radius 1 is 1.04 bits per heavy atom. The quantitative estimate of drug-likeness (QED) is 0.784. The van der Waals surface area contributed by atoms with Crippen LogP contribution in [0.5, 0.6) is 5.75 Å². The van der Waals surface area contributed by atoms with Crippen molar-refractivity contribution in [2.75, 3.05) is 12.4 Å². The van der Waals surface area contributed by atoms with Crippen molar-refractivity contribution >= 4 is 17.6 Å². The SMILES string of the molecule is COC(=O)c1ccccc1NC(=O)[C@@H](C)Oc1cc(C)ccc1C(C)C. The lowest BCUT2D eigenvalue weighted by atomic mass is 10.0. The van der Waals surface area contributed by atoms with Crippen molar-refractivity contribution in [3.63, 3.8) is 0 Å². The second-order valence-corrected chi connectivity index (χ2v) is 6.48. The fourth-order valence-electron chi connectivity index (χ4n) is 2.58. The number of esters is 1. The molecule has 0 saturated carbocycles. The first-order chi connectivity index (χ1) is 12.3. The molecule has 0 aromatic heterocycles. The normalized spacial score (nSPS) is 11.8. The molecule has 138 valence electrons. The summed E-state index contributed by atoms with van der Waals surface area (Å²) in [4.78, 5) is 24.4. The van der Waals surface area contributed by atoms with Gasteiger partial charge < -0.3 is 14.8 Å². The first-order valence-corrected chi connectivity index (χ1v) is 8.59. The molecular formula is C21H25NO4. The zero-order chi connectivity index (χ0) is 19.3. The van der Waals surface area contributed by atoms with Crippen LogP contribution in [0.15, 0.2) is 42.5 Å². The van der Waals surface area contributed by atoms with Crippen LogP contribution < -0.4 is 10.1 Å². The molecule has 1 N–H and O–H groups in total. The van der Waals surface area contributed by atoms with Gasteiger partial charge in [-0.2, -0.15) is 0 Å². The predicted octanol–water partition coefficient (Wildman–Crippen LogP) is 4.31. The summed E-state index contributed by atoms with van der Waals surface area (Å²) in [5, 5.41) is 2.74. The number of anilines is 1. The van der Waals surface area contributed by atoms with Crippen LogP contribution in [0.25, 0.3) is 0 Å². The molecule has 26 heavy (non-hydrogen) atoms. The highest BCUT2D eigenvalue weighted by Crippen LogP contribution is 2.28. The summed E-state index contributed by atoms with van der Waals surface area (Å²) in [6, 6.07) is 12.7. The molecule has 0 aliphatic heterocycles. The Bertz CT molecular complexity index is 798. The van der Waals surface area contributed by atoms with Gasteiger partial charge in [-0.25, -0.2) is 4.79 Å². The van der Waals surface area contributed by atoms with Gasteiger partial charge >= 0.3 is 5.97 Å². The van der Waals surface area contributed by atoms with Crippen LogP contribution in [0.3, 0.4) is 0 Å². The van der Waals surface area contributed by atoms with E-state index in [-0.39, 0.29) is 11.8 Å². The average molecular weight is 355 g/mol. The number of hydrogen-bond acceptors (Lipinski definition) is 4. The number of para-hydroxylation sites is 1. The molecule has 2 aromatic rings. The van der Waals surface area contributed by atoms with Crippen LogP contribution in [-0.2, 0) is 9.53 Å². The maximum Gasteiger partial charge on any atom is 0.339 e. The minimum Gasteiger partial charge on any atom is -0.481 e. The molecule has 0 saturated heterocycles. The molecule has 0 aliphatic rings. The minimum atomic E-state index is -0.722. The molecule has 0 aliphatic carbocycles. The van der Waals surface area contributed by atoms with Crippen molar-refractivity contribution in [2.24, 2.45) is 0 Å². The third kappa shape index (κ3) is 4.63. The fraction of sp³-hybridized carbons (Fsp3) is 0.333. The molecule has 1 atom stereocenters. The number of methoxy groups -OCH3 is 1. The Labute approximate surface area is 154 Å². The van der Waals surface area contributed by atoms with Crippen LogP contribution in [0, 0.1) is 6.92 Å². The Hall–Kier alpha value is -2.82. The van der Waals surface area contributed by atoms with Gasteiger partial charge in [0.15, 0.2) is 6.10 Å². The first-order valence-electron chi connectivity index (χ1n) is 8.59. The predicted molar refractivity (Wildman–Crippen MR) is 102 cm³/mol. The minimum absolute atomic E-state index is 0.279. The van der Waals surface area contributed by atoms with Crippen molar-refractivity contribution in [1.82, 2.24) is 0 Å². The number of amides is 1. The Balaban J connectivity index is 2.17. The van der Waals surface area contributed by atoms with E-state index in [2.05, 4.69) is 19.2 Å². The smallest absolute Gasteiger partial charge is 0.339 e. The molecule has 0 fully saturated rings. The zero-order valence-corrected chi connectivity index (χ0v) is 15.8. The van der Waals surface area contributed by atoms with Crippen LogP contribution in [0.4, 0.5) is 5.69 Å². The lowest BCUT2D eigenvalue weighted by Gasteiger charge is -2.20. The number of rotatable bonds is 6. The zero-order valence-electron chi connectivity index (χ0n) is 15.8. The molecule has 5 heteroatoms. The Kier molecular flexibility index (Phi) is 6.39. The van der Waals surface area contributed by atoms with E-state index in [9.17, 15) is 9.59 Å². The molecule has 0 heterocycles. The van der Waals surface area contributed by atoms with Gasteiger partial charge in [0.1, 0.15) is 5.75 Å².